The Hall–Kier alpha value is -8.82. The Morgan fingerprint density at radius 1 is 0.614 bits per heavy atom. The number of hydrogen-bond acceptors (Lipinski definition) is 15. The maximum absolute atomic E-state index is 16.1. The molecule has 2 unspecified atom stereocenters. The molecule has 2 atom stereocenters. The van der Waals surface area contributed by atoms with Gasteiger partial charge in [-0.1, -0.05) is 6.42 Å². The Bertz CT molecular complexity index is 3820. The van der Waals surface area contributed by atoms with Crippen LogP contribution in [0.3, 0.4) is 0 Å². The van der Waals surface area contributed by atoms with E-state index in [0.717, 1.165) is 88.9 Å². The van der Waals surface area contributed by atoms with Crippen molar-refractivity contribution >= 4 is 73.7 Å². The third-order valence-corrected chi connectivity index (χ3v) is 16.5. The minimum Gasteiger partial charge on any atom is -0.496 e. The summed E-state index contributed by atoms with van der Waals surface area (Å²) in [6.07, 6.45) is 14.9. The average molecular weight is 1130 g/mol. The fourth-order valence-electron chi connectivity index (χ4n) is 12.0. The Morgan fingerprint density at radius 3 is 1.75 bits per heavy atom. The molecule has 9 heterocycles. The quantitative estimate of drug-likeness (QED) is 0.0644. The van der Waals surface area contributed by atoms with Gasteiger partial charge < -0.3 is 54.8 Å². The van der Waals surface area contributed by atoms with Crippen molar-refractivity contribution in [2.45, 2.75) is 82.5 Å². The van der Waals surface area contributed by atoms with Crippen LogP contribution in [0.5, 0.6) is 5.75 Å². The molecule has 1 saturated carbocycles. The zero-order valence-electron chi connectivity index (χ0n) is 46.2. The predicted molar refractivity (Wildman–Crippen MR) is 315 cm³/mol. The molecule has 1 aliphatic carbocycles. The number of aromatic nitrogens is 6. The van der Waals surface area contributed by atoms with Gasteiger partial charge in [0.15, 0.2) is 0 Å². The summed E-state index contributed by atoms with van der Waals surface area (Å²) in [5, 5.41) is 10.1. The van der Waals surface area contributed by atoms with Crippen molar-refractivity contribution in [3.8, 4) is 28.3 Å². The van der Waals surface area contributed by atoms with Gasteiger partial charge in [-0.25, -0.2) is 28.7 Å². The smallest absolute Gasteiger partial charge is 0.259 e. The van der Waals surface area contributed by atoms with Crippen molar-refractivity contribution in [1.29, 1.82) is 0 Å². The lowest BCUT2D eigenvalue weighted by Gasteiger charge is -2.37. The van der Waals surface area contributed by atoms with Crippen LogP contribution in [-0.4, -0.2) is 118 Å². The molecular weight excluding hydrogens is 1060 g/mol. The van der Waals surface area contributed by atoms with Crippen LogP contribution in [0, 0.1) is 17.6 Å². The monoisotopic (exact) mass is 1130 g/mol. The highest BCUT2D eigenvalue weighted by Crippen LogP contribution is 2.37. The number of halogens is 2. The minimum absolute atomic E-state index is 0.0107. The maximum Gasteiger partial charge on any atom is 0.259 e. The number of carbonyl (C=O) groups is 2. The summed E-state index contributed by atoms with van der Waals surface area (Å²) in [5.41, 5.74) is 4.01. The maximum atomic E-state index is 16.1. The van der Waals surface area contributed by atoms with E-state index in [9.17, 15) is 19.2 Å². The fourth-order valence-corrected chi connectivity index (χ4v) is 12.0. The fraction of sp³-hybridized carbons (Fsp3) is 0.355. The SMILES string of the molecule is COc1cc(-c2cc(Nc3ccc(N4CCC(OC5CCCC(C(=O)Nc6ccc(-c7cc(Nc8ccc(N9CCC(OC)CC9)cn8)c8c(=O)[nH]ccc8n7)c(F)c6)C5)CC4)cn3)c3c(=O)[nH]ccc3n2)c(F)cc1C(=O)N1CCCC1. The number of piperidine rings is 2. The van der Waals surface area contributed by atoms with Gasteiger partial charge in [0.25, 0.3) is 17.0 Å². The molecule has 3 aliphatic heterocycles. The molecule has 19 nitrogen and oxygen atoms in total. The summed E-state index contributed by atoms with van der Waals surface area (Å²) in [5.74, 6) is -0.810. The zero-order chi connectivity index (χ0) is 57.1. The van der Waals surface area contributed by atoms with Gasteiger partial charge in [-0.2, -0.15) is 0 Å². The highest BCUT2D eigenvalue weighted by Gasteiger charge is 2.32. The Morgan fingerprint density at radius 2 is 1.19 bits per heavy atom. The summed E-state index contributed by atoms with van der Waals surface area (Å²) >= 11 is 0. The van der Waals surface area contributed by atoms with E-state index in [-0.39, 0.29) is 80.7 Å². The van der Waals surface area contributed by atoms with E-state index in [1.807, 2.05) is 24.3 Å². The summed E-state index contributed by atoms with van der Waals surface area (Å²) < 4.78 is 49.9. The molecule has 12 rings (SSSR count). The molecule has 0 radical (unpaired) electrons. The van der Waals surface area contributed by atoms with Crippen molar-refractivity contribution < 1.29 is 32.6 Å². The summed E-state index contributed by atoms with van der Waals surface area (Å²) in [4.78, 5) is 83.7. The largest absolute Gasteiger partial charge is 0.496 e. The van der Waals surface area contributed by atoms with Crippen molar-refractivity contribution in [3.63, 3.8) is 0 Å². The number of likely N-dealkylation sites (tertiary alicyclic amines) is 1. The number of rotatable bonds is 15. The molecule has 428 valence electrons. The first kappa shape index (κ1) is 54.8. The number of amides is 2. The molecule has 2 aromatic carbocycles. The van der Waals surface area contributed by atoms with E-state index >= 15 is 8.78 Å². The number of pyridine rings is 6. The lowest BCUT2D eigenvalue weighted by molar-refractivity contribution is -0.124. The second-order valence-electron chi connectivity index (χ2n) is 21.7. The van der Waals surface area contributed by atoms with E-state index in [0.29, 0.717) is 76.7 Å². The molecule has 8 aromatic rings. The number of methoxy groups -OCH3 is 2. The lowest BCUT2D eigenvalue weighted by Crippen LogP contribution is -2.40. The van der Waals surface area contributed by atoms with Crippen molar-refractivity contribution in [1.82, 2.24) is 34.8 Å². The number of aromatic amines is 2. The van der Waals surface area contributed by atoms with Gasteiger partial charge in [-0.3, -0.25) is 19.2 Å². The van der Waals surface area contributed by atoms with Gasteiger partial charge in [0.05, 0.1) is 99.3 Å². The number of ether oxygens (including phenoxy) is 3. The summed E-state index contributed by atoms with van der Waals surface area (Å²) in [7, 11) is 3.18. The number of nitrogens with zero attached hydrogens (tertiary/aromatic N) is 7. The minimum atomic E-state index is -0.648. The number of H-pyrrole nitrogens is 2. The lowest BCUT2D eigenvalue weighted by atomic mass is 9.86. The Kier molecular flexibility index (Phi) is 15.8. The first-order valence-electron chi connectivity index (χ1n) is 28.4. The van der Waals surface area contributed by atoms with E-state index in [4.69, 9.17) is 19.2 Å². The molecule has 83 heavy (non-hydrogen) atoms. The molecule has 4 aliphatic rings. The third kappa shape index (κ3) is 11.8. The van der Waals surface area contributed by atoms with Gasteiger partial charge in [0.1, 0.15) is 29.0 Å². The second-order valence-corrected chi connectivity index (χ2v) is 21.7. The number of hydrogen-bond donors (Lipinski definition) is 5. The number of anilines is 7. The topological polar surface area (TPSA) is 225 Å². The standard InChI is InChI=1S/C62H64F2N12O7/c1-81-40-16-24-74(25-17-40)38-9-12-55(67-34-38)72-52-32-50(70-48-14-20-65-60(78)57(48)52)43-11-8-37(29-46(43)63)69-59(77)36-6-5-7-42(28-36)83-41-18-26-75(27-19-41)39-10-13-56(68-35-39)73-53-33-51(71-49-15-21-66-61(79)58(49)53)44-31-54(82-2)45(30-47(44)64)62(80)76-22-3-4-23-76/h8-15,20-21,29-36,40-42H,3-7,16-19,22-28H2,1-2H3,(H,65,78)(H,66,79)(H,69,77)(H,67,70,72)(H,68,71,73). The van der Waals surface area contributed by atoms with Crippen LogP contribution in [-0.2, 0) is 14.3 Å². The van der Waals surface area contributed by atoms with E-state index < -0.39 is 11.6 Å². The van der Waals surface area contributed by atoms with Crippen molar-refractivity contribution in [2.75, 3.05) is 79.2 Å². The molecule has 0 spiro atoms. The van der Waals surface area contributed by atoms with Gasteiger partial charge in [-0.05, 0) is 137 Å². The van der Waals surface area contributed by atoms with Crippen LogP contribution in [0.1, 0.15) is 74.6 Å². The summed E-state index contributed by atoms with van der Waals surface area (Å²) in [6, 6.07) is 21.4. The number of fused-ring (bicyclic) bond motifs is 2. The number of carbonyl (C=O) groups excluding carboxylic acids is 2. The highest BCUT2D eigenvalue weighted by atomic mass is 19.1. The zero-order valence-corrected chi connectivity index (χ0v) is 46.2. The molecule has 4 fully saturated rings. The molecule has 2 amide bonds. The van der Waals surface area contributed by atoms with E-state index in [2.05, 4.69) is 50.7 Å². The first-order chi connectivity index (χ1) is 40.4. The van der Waals surface area contributed by atoms with E-state index in [1.165, 1.54) is 37.7 Å². The van der Waals surface area contributed by atoms with Crippen LogP contribution in [0.25, 0.3) is 44.3 Å². The third-order valence-electron chi connectivity index (χ3n) is 16.5. The molecule has 21 heteroatoms. The Balaban J connectivity index is 0.652. The normalized spacial score (nSPS) is 18.0. The molecule has 6 aromatic heterocycles. The number of nitrogens with one attached hydrogen (secondary N) is 5. The van der Waals surface area contributed by atoms with Gasteiger partial charge in [0, 0.05) is 81.5 Å². The summed E-state index contributed by atoms with van der Waals surface area (Å²) in [6.45, 7) is 4.41. The second kappa shape index (κ2) is 23.9. The van der Waals surface area contributed by atoms with Crippen LogP contribution in [0.2, 0.25) is 0 Å². The first-order valence-corrected chi connectivity index (χ1v) is 28.4. The average Bonchev–Trinajstić information content (AvgIpc) is 4.09. The van der Waals surface area contributed by atoms with Crippen LogP contribution < -0.4 is 41.6 Å². The van der Waals surface area contributed by atoms with Crippen molar-refractivity contribution in [3.05, 3.63) is 142 Å². The molecular formula is C62H64F2N12O7. The van der Waals surface area contributed by atoms with Gasteiger partial charge in [0.2, 0.25) is 5.91 Å². The van der Waals surface area contributed by atoms with Crippen LogP contribution >= 0.6 is 0 Å². The number of benzene rings is 2. The Labute approximate surface area is 476 Å². The van der Waals surface area contributed by atoms with E-state index in [1.54, 1.807) is 60.8 Å². The molecule has 3 saturated heterocycles. The molecule has 5 N–H and O–H groups in total. The van der Waals surface area contributed by atoms with Crippen molar-refractivity contribution in [2.24, 2.45) is 5.92 Å². The van der Waals surface area contributed by atoms with Gasteiger partial charge in [-0.15, -0.1) is 0 Å². The molecule has 0 bridgehead atoms. The highest BCUT2D eigenvalue weighted by molar-refractivity contribution is 5.99. The van der Waals surface area contributed by atoms with Crippen LogP contribution in [0.4, 0.5) is 48.9 Å². The van der Waals surface area contributed by atoms with Crippen LogP contribution in [0.15, 0.2) is 113 Å². The predicted octanol–water partition coefficient (Wildman–Crippen LogP) is 10.1. The van der Waals surface area contributed by atoms with Gasteiger partial charge >= 0.3 is 0 Å².